The van der Waals surface area contributed by atoms with Crippen molar-refractivity contribution in [1.82, 2.24) is 10.2 Å². The molecule has 1 aliphatic heterocycles. The van der Waals surface area contributed by atoms with Gasteiger partial charge in [0.25, 0.3) is 5.91 Å². The molecule has 1 aromatic carbocycles. The van der Waals surface area contributed by atoms with Crippen LogP contribution in [0.5, 0.6) is 0 Å². The normalized spacial score (nSPS) is 17.5. The zero-order valence-electron chi connectivity index (χ0n) is 11.4. The zero-order chi connectivity index (χ0) is 14.1. The molecule has 20 heavy (non-hydrogen) atoms. The number of furan rings is 1. The predicted octanol–water partition coefficient (Wildman–Crippen LogP) is 2.91. The van der Waals surface area contributed by atoms with Gasteiger partial charge in [0.2, 0.25) is 0 Å². The van der Waals surface area contributed by atoms with Crippen LogP contribution in [0.1, 0.15) is 23.4 Å². The molecular formula is C15H17ClN2O2. The molecule has 1 saturated heterocycles. The number of likely N-dealkylation sites (tertiary alicyclic amines) is 1. The van der Waals surface area contributed by atoms with E-state index in [1.165, 1.54) is 0 Å². The van der Waals surface area contributed by atoms with Crippen LogP contribution in [0.25, 0.3) is 11.0 Å². The third kappa shape index (κ3) is 2.81. The summed E-state index contributed by atoms with van der Waals surface area (Å²) in [5, 5.41) is 4.53. The first-order valence-electron chi connectivity index (χ1n) is 6.80. The second kappa shape index (κ2) is 5.46. The summed E-state index contributed by atoms with van der Waals surface area (Å²) in [5.41, 5.74) is 0.683. The van der Waals surface area contributed by atoms with Crippen LogP contribution < -0.4 is 5.32 Å². The Balaban J connectivity index is 1.72. The second-order valence-electron chi connectivity index (χ2n) is 5.34. The van der Waals surface area contributed by atoms with Crippen LogP contribution in [0.4, 0.5) is 0 Å². The van der Waals surface area contributed by atoms with Crippen LogP contribution in [0.3, 0.4) is 0 Å². The average molecular weight is 293 g/mol. The van der Waals surface area contributed by atoms with Gasteiger partial charge in [-0.25, -0.2) is 0 Å². The molecule has 1 fully saturated rings. The lowest BCUT2D eigenvalue weighted by atomic mass is 10.1. The highest BCUT2D eigenvalue weighted by Crippen LogP contribution is 2.23. The Labute approximate surface area is 122 Å². The number of piperidine rings is 1. The van der Waals surface area contributed by atoms with Crippen molar-refractivity contribution in [1.29, 1.82) is 0 Å². The van der Waals surface area contributed by atoms with Crippen molar-refractivity contribution in [3.05, 3.63) is 35.0 Å². The van der Waals surface area contributed by atoms with Crippen molar-refractivity contribution in [3.8, 4) is 0 Å². The fourth-order valence-corrected chi connectivity index (χ4v) is 2.72. The van der Waals surface area contributed by atoms with Crippen LogP contribution in [0, 0.1) is 0 Å². The molecule has 2 heterocycles. The lowest BCUT2D eigenvalue weighted by Gasteiger charge is -2.29. The summed E-state index contributed by atoms with van der Waals surface area (Å²) in [7, 11) is 2.10. The van der Waals surface area contributed by atoms with Gasteiger partial charge in [0.1, 0.15) is 5.58 Å². The molecule has 0 aliphatic carbocycles. The Morgan fingerprint density at radius 3 is 2.85 bits per heavy atom. The minimum Gasteiger partial charge on any atom is -0.451 e. The van der Waals surface area contributed by atoms with E-state index >= 15 is 0 Å². The van der Waals surface area contributed by atoms with E-state index in [9.17, 15) is 4.79 Å². The molecule has 0 unspecified atom stereocenters. The first-order chi connectivity index (χ1) is 9.61. The molecule has 0 saturated carbocycles. The molecule has 1 amide bonds. The number of carbonyl (C=O) groups excluding carboxylic acids is 1. The monoisotopic (exact) mass is 292 g/mol. The van der Waals surface area contributed by atoms with Crippen LogP contribution >= 0.6 is 11.6 Å². The van der Waals surface area contributed by atoms with Gasteiger partial charge in [-0.05, 0) is 57.2 Å². The fraction of sp³-hybridized carbons (Fsp3) is 0.400. The van der Waals surface area contributed by atoms with E-state index in [1.54, 1.807) is 24.3 Å². The van der Waals surface area contributed by atoms with Crippen molar-refractivity contribution in [3.63, 3.8) is 0 Å². The van der Waals surface area contributed by atoms with Gasteiger partial charge < -0.3 is 14.6 Å². The summed E-state index contributed by atoms with van der Waals surface area (Å²) < 4.78 is 5.57. The topological polar surface area (TPSA) is 45.5 Å². The van der Waals surface area contributed by atoms with E-state index in [0.717, 1.165) is 31.3 Å². The molecule has 1 aliphatic rings. The van der Waals surface area contributed by atoms with Gasteiger partial charge in [-0.2, -0.15) is 0 Å². The van der Waals surface area contributed by atoms with E-state index in [2.05, 4.69) is 17.3 Å². The maximum atomic E-state index is 12.2. The van der Waals surface area contributed by atoms with Gasteiger partial charge in [0, 0.05) is 16.5 Å². The highest BCUT2D eigenvalue weighted by molar-refractivity contribution is 6.31. The predicted molar refractivity (Wildman–Crippen MR) is 79.2 cm³/mol. The van der Waals surface area contributed by atoms with Crippen molar-refractivity contribution < 1.29 is 9.21 Å². The van der Waals surface area contributed by atoms with Crippen LogP contribution in [-0.4, -0.2) is 37.0 Å². The summed E-state index contributed by atoms with van der Waals surface area (Å²) >= 11 is 5.93. The smallest absolute Gasteiger partial charge is 0.287 e. The molecule has 106 valence electrons. The molecule has 1 aromatic heterocycles. The molecule has 1 N–H and O–H groups in total. The number of benzene rings is 1. The number of hydrogen-bond donors (Lipinski definition) is 1. The van der Waals surface area contributed by atoms with Crippen LogP contribution in [0.15, 0.2) is 28.7 Å². The quantitative estimate of drug-likeness (QED) is 0.926. The first kappa shape index (κ1) is 13.5. The number of nitrogens with zero attached hydrogens (tertiary/aromatic N) is 1. The van der Waals surface area contributed by atoms with Crippen molar-refractivity contribution in [2.45, 2.75) is 18.9 Å². The number of amides is 1. The Morgan fingerprint density at radius 1 is 1.35 bits per heavy atom. The summed E-state index contributed by atoms with van der Waals surface area (Å²) in [6.07, 6.45) is 1.96. The number of carbonyl (C=O) groups is 1. The number of hydrogen-bond acceptors (Lipinski definition) is 3. The molecular weight excluding hydrogens is 276 g/mol. The van der Waals surface area contributed by atoms with Crippen LogP contribution in [0.2, 0.25) is 5.02 Å². The van der Waals surface area contributed by atoms with E-state index in [0.29, 0.717) is 16.4 Å². The van der Waals surface area contributed by atoms with E-state index in [4.69, 9.17) is 16.0 Å². The largest absolute Gasteiger partial charge is 0.451 e. The minimum absolute atomic E-state index is 0.146. The number of halogens is 1. The Morgan fingerprint density at radius 2 is 2.10 bits per heavy atom. The molecule has 3 rings (SSSR count). The SMILES string of the molecule is CN1CCC(NC(=O)c2cc3cc(Cl)ccc3o2)CC1. The minimum atomic E-state index is -0.146. The lowest BCUT2D eigenvalue weighted by molar-refractivity contribution is 0.0891. The molecule has 0 spiro atoms. The van der Waals surface area contributed by atoms with E-state index < -0.39 is 0 Å². The van der Waals surface area contributed by atoms with Gasteiger partial charge in [-0.3, -0.25) is 4.79 Å². The number of rotatable bonds is 2. The van der Waals surface area contributed by atoms with Crippen molar-refractivity contribution >= 4 is 28.5 Å². The van der Waals surface area contributed by atoms with Gasteiger partial charge in [0.15, 0.2) is 5.76 Å². The van der Waals surface area contributed by atoms with Crippen molar-refractivity contribution in [2.24, 2.45) is 0 Å². The number of fused-ring (bicyclic) bond motifs is 1. The molecule has 2 aromatic rings. The first-order valence-corrected chi connectivity index (χ1v) is 7.18. The Hall–Kier alpha value is -1.52. The second-order valence-corrected chi connectivity index (χ2v) is 5.78. The maximum Gasteiger partial charge on any atom is 0.287 e. The van der Waals surface area contributed by atoms with Gasteiger partial charge in [0.05, 0.1) is 0 Å². The molecule has 0 atom stereocenters. The molecule has 4 nitrogen and oxygen atoms in total. The Kier molecular flexibility index (Phi) is 3.68. The van der Waals surface area contributed by atoms with Crippen LogP contribution in [-0.2, 0) is 0 Å². The zero-order valence-corrected chi connectivity index (χ0v) is 12.1. The molecule has 5 heteroatoms. The summed E-state index contributed by atoms with van der Waals surface area (Å²) in [5.74, 6) is 0.202. The maximum absolute atomic E-state index is 12.2. The van der Waals surface area contributed by atoms with E-state index in [1.807, 2.05) is 0 Å². The lowest BCUT2D eigenvalue weighted by Crippen LogP contribution is -2.43. The van der Waals surface area contributed by atoms with Gasteiger partial charge in [-0.15, -0.1) is 0 Å². The number of nitrogens with one attached hydrogen (secondary N) is 1. The van der Waals surface area contributed by atoms with Crippen molar-refractivity contribution in [2.75, 3.05) is 20.1 Å². The average Bonchev–Trinajstić information content (AvgIpc) is 2.84. The third-order valence-electron chi connectivity index (χ3n) is 3.76. The standard InChI is InChI=1S/C15H17ClN2O2/c1-18-6-4-12(5-7-18)17-15(19)14-9-10-8-11(16)2-3-13(10)20-14/h2-3,8-9,12H,4-7H2,1H3,(H,17,19). The molecule has 0 radical (unpaired) electrons. The third-order valence-corrected chi connectivity index (χ3v) is 3.99. The van der Waals surface area contributed by atoms with Gasteiger partial charge in [-0.1, -0.05) is 11.6 Å². The Bertz CT molecular complexity index is 630. The summed E-state index contributed by atoms with van der Waals surface area (Å²) in [6.45, 7) is 2.03. The molecule has 0 bridgehead atoms. The van der Waals surface area contributed by atoms with Gasteiger partial charge >= 0.3 is 0 Å². The highest BCUT2D eigenvalue weighted by Gasteiger charge is 2.20. The summed E-state index contributed by atoms with van der Waals surface area (Å²) in [6, 6.07) is 7.31. The summed E-state index contributed by atoms with van der Waals surface area (Å²) in [4.78, 5) is 14.5. The highest BCUT2D eigenvalue weighted by atomic mass is 35.5. The van der Waals surface area contributed by atoms with E-state index in [-0.39, 0.29) is 11.9 Å². The fourth-order valence-electron chi connectivity index (χ4n) is 2.54.